The van der Waals surface area contributed by atoms with Crippen LogP contribution in [-0.2, 0) is 14.3 Å². The van der Waals surface area contributed by atoms with Gasteiger partial charge in [-0.2, -0.15) is 0 Å². The van der Waals surface area contributed by atoms with E-state index in [1.807, 2.05) is 0 Å². The molecule has 0 bridgehead atoms. The second-order valence-corrected chi connectivity index (χ2v) is 3.19. The van der Waals surface area contributed by atoms with Crippen molar-refractivity contribution in [1.82, 2.24) is 0 Å². The molecule has 7 N–H and O–H groups in total. The average molecular weight is 238 g/mol. The van der Waals surface area contributed by atoms with Crippen LogP contribution in [0.2, 0.25) is 0 Å². The number of carbonyl (C=O) groups is 2. The van der Waals surface area contributed by atoms with Gasteiger partial charge in [0.15, 0.2) is 0 Å². The number of carboxylic acids is 1. The minimum Gasteiger partial charge on any atom is -0.480 e. The van der Waals surface area contributed by atoms with Crippen LogP contribution in [0.1, 0.15) is 6.92 Å². The standard InChI is InChI=1S/2C4H9NO3/c1-4(5,2-6)3(7)8;1-8-4(7)3(5)2-6/h6H,2,5H2,1H3,(H,7,8);3,6H,2,5H2,1H3/t4-;3-/m11/s1. The molecule has 0 aromatic carbocycles. The highest BCUT2D eigenvalue weighted by Crippen LogP contribution is 1.94. The number of aliphatic carboxylic acids is 1. The third-order valence-electron chi connectivity index (χ3n) is 1.52. The summed E-state index contributed by atoms with van der Waals surface area (Å²) >= 11 is 0. The zero-order valence-electron chi connectivity index (χ0n) is 9.21. The van der Waals surface area contributed by atoms with Gasteiger partial charge in [-0.25, -0.2) is 0 Å². The zero-order valence-corrected chi connectivity index (χ0v) is 9.21. The summed E-state index contributed by atoms with van der Waals surface area (Å²) in [5, 5.41) is 24.6. The van der Waals surface area contributed by atoms with E-state index >= 15 is 0 Å². The molecule has 0 aliphatic rings. The van der Waals surface area contributed by atoms with Crippen LogP contribution in [0, 0.1) is 0 Å². The van der Waals surface area contributed by atoms with Gasteiger partial charge in [0.05, 0.1) is 20.3 Å². The Morgan fingerprint density at radius 1 is 1.44 bits per heavy atom. The van der Waals surface area contributed by atoms with E-state index < -0.39 is 30.1 Å². The molecule has 0 aliphatic carbocycles. The molecule has 0 rings (SSSR count). The molecule has 0 unspecified atom stereocenters. The SMILES string of the molecule is COC(=O)[C@H](N)CO.C[C@@](N)(CO)C(=O)O. The highest BCUT2D eigenvalue weighted by Gasteiger charge is 2.25. The Hall–Kier alpha value is -1.22. The van der Waals surface area contributed by atoms with Crippen molar-refractivity contribution in [3.05, 3.63) is 0 Å². The lowest BCUT2D eigenvalue weighted by atomic mass is 10.1. The molecule has 0 aromatic rings. The van der Waals surface area contributed by atoms with Gasteiger partial charge < -0.3 is 31.5 Å². The van der Waals surface area contributed by atoms with Gasteiger partial charge in [-0.05, 0) is 6.92 Å². The van der Waals surface area contributed by atoms with Gasteiger partial charge in [0, 0.05) is 0 Å². The number of carboxylic acid groups (broad SMARTS) is 1. The van der Waals surface area contributed by atoms with Crippen molar-refractivity contribution in [2.75, 3.05) is 20.3 Å². The number of hydrogen-bond donors (Lipinski definition) is 5. The van der Waals surface area contributed by atoms with Gasteiger partial charge in [0.2, 0.25) is 0 Å². The van der Waals surface area contributed by atoms with Crippen molar-refractivity contribution >= 4 is 11.9 Å². The first-order valence-electron chi connectivity index (χ1n) is 4.30. The number of esters is 1. The van der Waals surface area contributed by atoms with E-state index in [2.05, 4.69) is 4.74 Å². The minimum atomic E-state index is -1.49. The van der Waals surface area contributed by atoms with Crippen LogP contribution in [0.25, 0.3) is 0 Å². The molecule has 96 valence electrons. The van der Waals surface area contributed by atoms with Crippen LogP contribution >= 0.6 is 0 Å². The first kappa shape index (κ1) is 17.2. The van der Waals surface area contributed by atoms with Gasteiger partial charge in [-0.1, -0.05) is 0 Å². The van der Waals surface area contributed by atoms with Crippen molar-refractivity contribution < 1.29 is 29.6 Å². The number of rotatable bonds is 4. The molecule has 8 nitrogen and oxygen atoms in total. The van der Waals surface area contributed by atoms with E-state index in [1.165, 1.54) is 14.0 Å². The lowest BCUT2D eigenvalue weighted by Gasteiger charge is -2.13. The topological polar surface area (TPSA) is 156 Å². The highest BCUT2D eigenvalue weighted by molar-refractivity contribution is 5.77. The first-order chi connectivity index (χ1) is 7.22. The molecule has 0 aliphatic heterocycles. The number of hydrogen-bond acceptors (Lipinski definition) is 7. The average Bonchev–Trinajstić information content (AvgIpc) is 2.27. The molecule has 0 amide bonds. The fraction of sp³-hybridized carbons (Fsp3) is 0.750. The van der Waals surface area contributed by atoms with E-state index in [1.54, 1.807) is 0 Å². The van der Waals surface area contributed by atoms with Gasteiger partial charge >= 0.3 is 11.9 Å². The first-order valence-corrected chi connectivity index (χ1v) is 4.30. The summed E-state index contributed by atoms with van der Waals surface area (Å²) in [6.07, 6.45) is 0. The van der Waals surface area contributed by atoms with Gasteiger partial charge in [0.1, 0.15) is 11.6 Å². The normalized spacial score (nSPS) is 15.1. The second-order valence-electron chi connectivity index (χ2n) is 3.19. The molecular weight excluding hydrogens is 220 g/mol. The summed E-state index contributed by atoms with van der Waals surface area (Å²) in [4.78, 5) is 20.2. The van der Waals surface area contributed by atoms with E-state index in [9.17, 15) is 9.59 Å². The molecule has 0 heterocycles. The minimum absolute atomic E-state index is 0.368. The monoisotopic (exact) mass is 238 g/mol. The lowest BCUT2D eigenvalue weighted by Crippen LogP contribution is -2.48. The maximum absolute atomic E-state index is 10.2. The molecule has 16 heavy (non-hydrogen) atoms. The second kappa shape index (κ2) is 7.99. The number of nitrogens with two attached hydrogens (primary N) is 2. The molecule has 0 aromatic heterocycles. The summed E-state index contributed by atoms with van der Waals surface area (Å²) < 4.78 is 4.18. The van der Waals surface area contributed by atoms with Crippen LogP contribution < -0.4 is 11.5 Å². The molecule has 0 radical (unpaired) electrons. The molecule has 0 spiro atoms. The largest absolute Gasteiger partial charge is 0.480 e. The third kappa shape index (κ3) is 7.12. The Morgan fingerprint density at radius 2 is 1.88 bits per heavy atom. The Bertz CT molecular complexity index is 229. The highest BCUT2D eigenvalue weighted by atomic mass is 16.5. The third-order valence-corrected chi connectivity index (χ3v) is 1.52. The van der Waals surface area contributed by atoms with Crippen molar-refractivity contribution in [1.29, 1.82) is 0 Å². The van der Waals surface area contributed by atoms with E-state index in [0.717, 1.165) is 0 Å². The summed E-state index contributed by atoms with van der Waals surface area (Å²) in [5.74, 6) is -1.78. The number of carbonyl (C=O) groups excluding carboxylic acids is 1. The van der Waals surface area contributed by atoms with Crippen molar-refractivity contribution in [2.24, 2.45) is 11.5 Å². The zero-order chi connectivity index (χ0) is 13.4. The number of ether oxygens (including phenoxy) is 1. The van der Waals surface area contributed by atoms with Crippen LogP contribution in [0.5, 0.6) is 0 Å². The Labute approximate surface area is 92.8 Å². The van der Waals surface area contributed by atoms with E-state index in [-0.39, 0.29) is 6.61 Å². The van der Waals surface area contributed by atoms with Gasteiger partial charge in [-0.15, -0.1) is 0 Å². The number of methoxy groups -OCH3 is 1. The fourth-order valence-corrected chi connectivity index (χ4v) is 0.294. The molecule has 8 heteroatoms. The van der Waals surface area contributed by atoms with Crippen LogP contribution in [0.3, 0.4) is 0 Å². The van der Waals surface area contributed by atoms with Crippen molar-refractivity contribution in [2.45, 2.75) is 18.5 Å². The predicted octanol–water partition coefficient (Wildman–Crippen LogP) is -2.74. The smallest absolute Gasteiger partial charge is 0.325 e. The van der Waals surface area contributed by atoms with Crippen molar-refractivity contribution in [3.63, 3.8) is 0 Å². The van der Waals surface area contributed by atoms with E-state index in [0.29, 0.717) is 0 Å². The molecule has 0 fully saturated rings. The Kier molecular flexibility index (Phi) is 8.58. The fourth-order valence-electron chi connectivity index (χ4n) is 0.294. The quantitative estimate of drug-likeness (QED) is 0.330. The van der Waals surface area contributed by atoms with Gasteiger partial charge in [0.25, 0.3) is 0 Å². The Balaban J connectivity index is 0. The summed E-state index contributed by atoms with van der Waals surface area (Å²) in [7, 11) is 1.22. The van der Waals surface area contributed by atoms with Crippen LogP contribution in [0.4, 0.5) is 0 Å². The maximum Gasteiger partial charge on any atom is 0.325 e. The summed E-state index contributed by atoms with van der Waals surface area (Å²) in [5.41, 5.74) is 8.53. The molecule has 0 saturated heterocycles. The molecular formula is C8H18N2O6. The van der Waals surface area contributed by atoms with Crippen LogP contribution in [-0.4, -0.2) is 59.2 Å². The maximum atomic E-state index is 10.2. The number of aliphatic hydroxyl groups is 2. The molecule has 0 saturated carbocycles. The van der Waals surface area contributed by atoms with E-state index in [4.69, 9.17) is 26.8 Å². The lowest BCUT2D eigenvalue weighted by molar-refractivity contribution is -0.144. The van der Waals surface area contributed by atoms with Gasteiger partial charge in [-0.3, -0.25) is 9.59 Å². The Morgan fingerprint density at radius 3 is 1.94 bits per heavy atom. The van der Waals surface area contributed by atoms with Crippen LogP contribution in [0.15, 0.2) is 0 Å². The summed E-state index contributed by atoms with van der Waals surface area (Å²) in [6.45, 7) is 0.338. The summed E-state index contributed by atoms with van der Waals surface area (Å²) in [6, 6.07) is -0.889. The molecule has 2 atom stereocenters. The number of aliphatic hydroxyl groups excluding tert-OH is 2. The van der Waals surface area contributed by atoms with Crippen molar-refractivity contribution in [3.8, 4) is 0 Å². The predicted molar refractivity (Wildman–Crippen MR) is 54.4 cm³/mol.